The molecular formula is C16H25FN2O2S. The number of rotatable bonds is 8. The van der Waals surface area contributed by atoms with Gasteiger partial charge in [0.25, 0.3) is 0 Å². The number of hydrogen-bond donors (Lipinski definition) is 3. The lowest BCUT2D eigenvalue weighted by molar-refractivity contribution is 0.0592. The van der Waals surface area contributed by atoms with E-state index in [1.165, 1.54) is 24.3 Å². The number of thioether (sulfide) groups is 1. The number of carbonyl (C=O) groups is 1. The van der Waals surface area contributed by atoms with E-state index < -0.39 is 5.60 Å². The van der Waals surface area contributed by atoms with Gasteiger partial charge in [-0.15, -0.1) is 0 Å². The van der Waals surface area contributed by atoms with Gasteiger partial charge in [0.1, 0.15) is 11.4 Å². The third-order valence-electron chi connectivity index (χ3n) is 3.34. The van der Waals surface area contributed by atoms with Gasteiger partial charge in [-0.2, -0.15) is 11.8 Å². The maximum Gasteiger partial charge on any atom is 0.315 e. The number of amides is 2. The molecule has 0 saturated carbocycles. The van der Waals surface area contributed by atoms with Gasteiger partial charge in [-0.3, -0.25) is 0 Å². The van der Waals surface area contributed by atoms with Gasteiger partial charge in [-0.25, -0.2) is 9.18 Å². The smallest absolute Gasteiger partial charge is 0.315 e. The molecule has 0 aromatic heterocycles. The molecule has 0 aliphatic carbocycles. The van der Waals surface area contributed by atoms with E-state index in [-0.39, 0.29) is 24.4 Å². The van der Waals surface area contributed by atoms with Crippen LogP contribution in [-0.4, -0.2) is 35.2 Å². The minimum Gasteiger partial charge on any atom is -0.384 e. The molecule has 0 radical (unpaired) electrons. The highest BCUT2D eigenvalue weighted by atomic mass is 32.2. The van der Waals surface area contributed by atoms with Crippen LogP contribution in [0, 0.1) is 5.82 Å². The lowest BCUT2D eigenvalue weighted by Crippen LogP contribution is -2.46. The lowest BCUT2D eigenvalue weighted by Gasteiger charge is -2.25. The van der Waals surface area contributed by atoms with Gasteiger partial charge in [0, 0.05) is 6.04 Å². The molecule has 6 heteroatoms. The van der Waals surface area contributed by atoms with Crippen molar-refractivity contribution < 1.29 is 14.3 Å². The predicted molar refractivity (Wildman–Crippen MR) is 89.6 cm³/mol. The average Bonchev–Trinajstić information content (AvgIpc) is 2.46. The highest BCUT2D eigenvalue weighted by molar-refractivity contribution is 7.99. The number of carbonyl (C=O) groups excluding carboxylic acids is 1. The molecule has 0 heterocycles. The van der Waals surface area contributed by atoms with Crippen LogP contribution >= 0.6 is 11.8 Å². The van der Waals surface area contributed by atoms with E-state index >= 15 is 0 Å². The third-order valence-corrected chi connectivity index (χ3v) is 4.27. The van der Waals surface area contributed by atoms with Crippen LogP contribution in [0.5, 0.6) is 0 Å². The Balaban J connectivity index is 2.40. The second-order valence-corrected chi connectivity index (χ2v) is 6.89. The minimum atomic E-state index is -1.24. The summed E-state index contributed by atoms with van der Waals surface area (Å²) >= 11 is 1.84. The Labute approximate surface area is 135 Å². The van der Waals surface area contributed by atoms with Gasteiger partial charge in [0.05, 0.1) is 6.54 Å². The Bertz CT molecular complexity index is 466. The summed E-state index contributed by atoms with van der Waals surface area (Å²) in [6.45, 7) is 5.70. The molecule has 1 aromatic carbocycles. The third kappa shape index (κ3) is 6.66. The molecule has 2 unspecified atom stereocenters. The number of benzene rings is 1. The summed E-state index contributed by atoms with van der Waals surface area (Å²) in [6.07, 6.45) is 0.903. The molecule has 0 saturated heterocycles. The first kappa shape index (κ1) is 18.8. The van der Waals surface area contributed by atoms with Crippen molar-refractivity contribution in [2.45, 2.75) is 38.8 Å². The first-order valence-corrected chi connectivity index (χ1v) is 8.61. The van der Waals surface area contributed by atoms with Crippen LogP contribution < -0.4 is 10.6 Å². The Hall–Kier alpha value is -1.27. The molecule has 2 atom stereocenters. The summed E-state index contributed by atoms with van der Waals surface area (Å²) in [5.41, 5.74) is -0.687. The zero-order valence-electron chi connectivity index (χ0n) is 13.4. The summed E-state index contributed by atoms with van der Waals surface area (Å²) in [4.78, 5) is 11.8. The van der Waals surface area contributed by atoms with Crippen LogP contribution in [-0.2, 0) is 5.60 Å². The van der Waals surface area contributed by atoms with Gasteiger partial charge in [-0.05, 0) is 49.5 Å². The number of aliphatic hydroxyl groups is 1. The standard InChI is InChI=1S/C16H25FN2O2S/c1-4-22-10-9-12(2)19-15(20)18-11-16(3,21)13-5-7-14(17)8-6-13/h5-8,12,21H,4,9-11H2,1-3H3,(H2,18,19,20). The molecule has 1 aromatic rings. The molecule has 2 amide bonds. The van der Waals surface area contributed by atoms with Crippen LogP contribution in [0.2, 0.25) is 0 Å². The van der Waals surface area contributed by atoms with Crippen molar-refractivity contribution >= 4 is 17.8 Å². The van der Waals surface area contributed by atoms with E-state index in [1.54, 1.807) is 6.92 Å². The largest absolute Gasteiger partial charge is 0.384 e. The fourth-order valence-electron chi connectivity index (χ4n) is 1.91. The molecule has 0 fully saturated rings. The Kier molecular flexibility index (Phi) is 7.68. The van der Waals surface area contributed by atoms with Crippen molar-refractivity contribution in [2.24, 2.45) is 0 Å². The zero-order valence-corrected chi connectivity index (χ0v) is 14.2. The second-order valence-electron chi connectivity index (χ2n) is 5.49. The highest BCUT2D eigenvalue weighted by Gasteiger charge is 2.24. The predicted octanol–water partition coefficient (Wildman–Crippen LogP) is 2.86. The van der Waals surface area contributed by atoms with Gasteiger partial charge < -0.3 is 15.7 Å². The normalized spacial score (nSPS) is 15.0. The summed E-state index contributed by atoms with van der Waals surface area (Å²) in [5.74, 6) is 1.72. The average molecular weight is 328 g/mol. The number of urea groups is 1. The first-order valence-electron chi connectivity index (χ1n) is 7.45. The molecule has 0 aliphatic rings. The molecule has 0 spiro atoms. The number of hydrogen-bond acceptors (Lipinski definition) is 3. The van der Waals surface area contributed by atoms with Crippen molar-refractivity contribution in [1.29, 1.82) is 0 Å². The molecule has 0 aliphatic heterocycles. The van der Waals surface area contributed by atoms with Crippen LogP contribution in [0.3, 0.4) is 0 Å². The van der Waals surface area contributed by atoms with Gasteiger partial charge in [-0.1, -0.05) is 19.1 Å². The van der Waals surface area contributed by atoms with E-state index in [1.807, 2.05) is 18.7 Å². The molecule has 0 bridgehead atoms. The topological polar surface area (TPSA) is 61.4 Å². The molecule has 124 valence electrons. The maximum absolute atomic E-state index is 12.9. The van der Waals surface area contributed by atoms with Crippen molar-refractivity contribution in [3.63, 3.8) is 0 Å². The summed E-state index contributed by atoms with van der Waals surface area (Å²) in [5, 5.41) is 15.9. The van der Waals surface area contributed by atoms with Crippen LogP contribution in [0.25, 0.3) is 0 Å². The zero-order chi connectivity index (χ0) is 16.6. The van der Waals surface area contributed by atoms with E-state index in [4.69, 9.17) is 0 Å². The molecular weight excluding hydrogens is 303 g/mol. The van der Waals surface area contributed by atoms with Crippen molar-refractivity contribution in [3.8, 4) is 0 Å². The fourth-order valence-corrected chi connectivity index (χ4v) is 2.72. The van der Waals surface area contributed by atoms with Crippen molar-refractivity contribution in [3.05, 3.63) is 35.6 Å². The van der Waals surface area contributed by atoms with Crippen molar-refractivity contribution in [2.75, 3.05) is 18.1 Å². The monoisotopic (exact) mass is 328 g/mol. The molecule has 3 N–H and O–H groups in total. The number of nitrogens with one attached hydrogen (secondary N) is 2. The van der Waals surface area contributed by atoms with E-state index in [0.717, 1.165) is 17.9 Å². The van der Waals surface area contributed by atoms with Gasteiger partial charge in [0.2, 0.25) is 0 Å². The Morgan fingerprint density at radius 1 is 1.41 bits per heavy atom. The number of halogens is 1. The highest BCUT2D eigenvalue weighted by Crippen LogP contribution is 2.19. The van der Waals surface area contributed by atoms with E-state index in [2.05, 4.69) is 17.6 Å². The lowest BCUT2D eigenvalue weighted by atomic mass is 9.96. The van der Waals surface area contributed by atoms with Crippen LogP contribution in [0.1, 0.15) is 32.8 Å². The first-order chi connectivity index (χ1) is 10.3. The van der Waals surface area contributed by atoms with E-state index in [0.29, 0.717) is 5.56 Å². The summed E-state index contributed by atoms with van der Waals surface area (Å²) < 4.78 is 12.9. The Morgan fingerprint density at radius 2 is 2.05 bits per heavy atom. The Morgan fingerprint density at radius 3 is 2.64 bits per heavy atom. The van der Waals surface area contributed by atoms with Crippen LogP contribution in [0.4, 0.5) is 9.18 Å². The quantitative estimate of drug-likeness (QED) is 0.643. The van der Waals surface area contributed by atoms with E-state index in [9.17, 15) is 14.3 Å². The summed E-state index contributed by atoms with van der Waals surface area (Å²) in [7, 11) is 0. The maximum atomic E-state index is 12.9. The molecule has 4 nitrogen and oxygen atoms in total. The minimum absolute atomic E-state index is 0.0564. The SMILES string of the molecule is CCSCCC(C)NC(=O)NCC(C)(O)c1ccc(F)cc1. The molecule has 1 rings (SSSR count). The molecule has 22 heavy (non-hydrogen) atoms. The van der Waals surface area contributed by atoms with Crippen molar-refractivity contribution in [1.82, 2.24) is 10.6 Å². The fraction of sp³-hybridized carbons (Fsp3) is 0.562. The van der Waals surface area contributed by atoms with Gasteiger partial charge in [0.15, 0.2) is 0 Å². The summed E-state index contributed by atoms with van der Waals surface area (Å²) in [6, 6.07) is 5.37. The van der Waals surface area contributed by atoms with Gasteiger partial charge >= 0.3 is 6.03 Å². The van der Waals surface area contributed by atoms with Crippen LogP contribution in [0.15, 0.2) is 24.3 Å². The second kappa shape index (κ2) is 9.00.